The molecule has 0 aromatic carbocycles. The average molecular weight is 228 g/mol. The van der Waals surface area contributed by atoms with Crippen molar-refractivity contribution in [2.75, 3.05) is 13.6 Å². The Balaban J connectivity index is 2.72. The van der Waals surface area contributed by atoms with Gasteiger partial charge in [0, 0.05) is 13.6 Å². The molecule has 0 saturated heterocycles. The first-order valence-electron chi connectivity index (χ1n) is 4.75. The third kappa shape index (κ3) is 3.47. The van der Waals surface area contributed by atoms with E-state index in [4.69, 9.17) is 11.6 Å². The first-order chi connectivity index (χ1) is 7.00. The molecule has 1 rings (SSSR count). The Morgan fingerprint density at radius 3 is 2.60 bits per heavy atom. The Hall–Kier alpha value is -1.16. The SMILES string of the molecule is CC(C)CN(C)C(=O)c1ccc(Cl)nn1. The van der Waals surface area contributed by atoms with Gasteiger partial charge in [-0.3, -0.25) is 4.79 Å². The molecule has 0 radical (unpaired) electrons. The lowest BCUT2D eigenvalue weighted by Crippen LogP contribution is -2.31. The highest BCUT2D eigenvalue weighted by atomic mass is 35.5. The molecule has 1 aromatic rings. The summed E-state index contributed by atoms with van der Waals surface area (Å²) in [7, 11) is 1.75. The van der Waals surface area contributed by atoms with Crippen LogP contribution in [0.3, 0.4) is 0 Å². The lowest BCUT2D eigenvalue weighted by Gasteiger charge is -2.18. The van der Waals surface area contributed by atoms with Crippen LogP contribution in [0.25, 0.3) is 0 Å². The third-order valence-corrected chi connectivity index (χ3v) is 2.04. The maximum absolute atomic E-state index is 11.8. The van der Waals surface area contributed by atoms with Crippen LogP contribution in [-0.2, 0) is 0 Å². The molecule has 0 fully saturated rings. The Morgan fingerprint density at radius 2 is 2.13 bits per heavy atom. The summed E-state index contributed by atoms with van der Waals surface area (Å²) in [4.78, 5) is 13.4. The molecule has 0 aliphatic heterocycles. The van der Waals surface area contributed by atoms with Gasteiger partial charge in [-0.15, -0.1) is 10.2 Å². The predicted octanol–water partition coefficient (Wildman–Crippen LogP) is 1.86. The van der Waals surface area contributed by atoms with E-state index in [2.05, 4.69) is 24.0 Å². The van der Waals surface area contributed by atoms with Crippen molar-refractivity contribution in [3.8, 4) is 0 Å². The van der Waals surface area contributed by atoms with Crippen LogP contribution in [0, 0.1) is 5.92 Å². The highest BCUT2D eigenvalue weighted by Gasteiger charge is 2.14. The molecule has 4 nitrogen and oxygen atoms in total. The maximum Gasteiger partial charge on any atom is 0.274 e. The Morgan fingerprint density at radius 1 is 1.47 bits per heavy atom. The van der Waals surface area contributed by atoms with Gasteiger partial charge in [-0.05, 0) is 18.1 Å². The van der Waals surface area contributed by atoms with E-state index in [1.165, 1.54) is 0 Å². The van der Waals surface area contributed by atoms with Gasteiger partial charge in [-0.1, -0.05) is 25.4 Å². The van der Waals surface area contributed by atoms with Crippen molar-refractivity contribution in [2.24, 2.45) is 5.92 Å². The number of nitrogens with zero attached hydrogens (tertiary/aromatic N) is 3. The van der Waals surface area contributed by atoms with E-state index in [9.17, 15) is 4.79 Å². The maximum atomic E-state index is 11.8. The van der Waals surface area contributed by atoms with Crippen LogP contribution >= 0.6 is 11.6 Å². The number of amides is 1. The minimum absolute atomic E-state index is 0.132. The number of carbonyl (C=O) groups excluding carboxylic acids is 1. The molecular weight excluding hydrogens is 214 g/mol. The Kier molecular flexibility index (Phi) is 4.03. The van der Waals surface area contributed by atoms with Gasteiger partial charge in [-0.2, -0.15) is 0 Å². The second kappa shape index (κ2) is 5.07. The van der Waals surface area contributed by atoms with Gasteiger partial charge < -0.3 is 4.90 Å². The normalized spacial score (nSPS) is 10.5. The van der Waals surface area contributed by atoms with Gasteiger partial charge in [0.15, 0.2) is 10.8 Å². The minimum atomic E-state index is -0.132. The van der Waals surface area contributed by atoms with E-state index in [0.717, 1.165) is 0 Å². The highest BCUT2D eigenvalue weighted by Crippen LogP contribution is 2.05. The molecule has 0 spiro atoms. The standard InChI is InChI=1S/C10H14ClN3O/c1-7(2)6-14(3)10(15)8-4-5-9(11)13-12-8/h4-5,7H,6H2,1-3H3. The van der Waals surface area contributed by atoms with Crippen molar-refractivity contribution in [3.05, 3.63) is 23.0 Å². The van der Waals surface area contributed by atoms with E-state index in [-0.39, 0.29) is 11.1 Å². The van der Waals surface area contributed by atoms with Crippen LogP contribution < -0.4 is 0 Å². The predicted molar refractivity (Wildman–Crippen MR) is 58.8 cm³/mol. The molecule has 0 saturated carbocycles. The van der Waals surface area contributed by atoms with Crippen molar-refractivity contribution in [1.82, 2.24) is 15.1 Å². The summed E-state index contributed by atoms with van der Waals surface area (Å²) in [6.07, 6.45) is 0. The summed E-state index contributed by atoms with van der Waals surface area (Å²) in [5.74, 6) is 0.298. The zero-order chi connectivity index (χ0) is 11.4. The molecule has 15 heavy (non-hydrogen) atoms. The van der Waals surface area contributed by atoms with E-state index in [1.807, 2.05) is 0 Å². The van der Waals surface area contributed by atoms with Crippen molar-refractivity contribution >= 4 is 17.5 Å². The lowest BCUT2D eigenvalue weighted by molar-refractivity contribution is 0.0772. The van der Waals surface area contributed by atoms with Gasteiger partial charge in [0.05, 0.1) is 0 Å². The van der Waals surface area contributed by atoms with Crippen molar-refractivity contribution in [3.63, 3.8) is 0 Å². The fourth-order valence-corrected chi connectivity index (χ4v) is 1.36. The first-order valence-corrected chi connectivity index (χ1v) is 5.13. The molecule has 0 aliphatic carbocycles. The van der Waals surface area contributed by atoms with Gasteiger partial charge in [0.25, 0.3) is 5.91 Å². The second-order valence-corrected chi connectivity index (χ2v) is 4.21. The van der Waals surface area contributed by atoms with Crippen LogP contribution in [0.15, 0.2) is 12.1 Å². The number of halogens is 1. The number of rotatable bonds is 3. The highest BCUT2D eigenvalue weighted by molar-refractivity contribution is 6.29. The van der Waals surface area contributed by atoms with Crippen LogP contribution in [0.2, 0.25) is 5.15 Å². The lowest BCUT2D eigenvalue weighted by atomic mass is 10.2. The molecule has 0 aliphatic rings. The largest absolute Gasteiger partial charge is 0.340 e. The van der Waals surface area contributed by atoms with Crippen LogP contribution in [-0.4, -0.2) is 34.6 Å². The van der Waals surface area contributed by atoms with Crippen molar-refractivity contribution < 1.29 is 4.79 Å². The second-order valence-electron chi connectivity index (χ2n) is 3.82. The molecular formula is C10H14ClN3O. The van der Waals surface area contributed by atoms with E-state index >= 15 is 0 Å². The molecule has 0 unspecified atom stereocenters. The van der Waals surface area contributed by atoms with Crippen LogP contribution in [0.5, 0.6) is 0 Å². The Labute approximate surface area is 94.3 Å². The summed E-state index contributed by atoms with van der Waals surface area (Å²) in [5, 5.41) is 7.65. The molecule has 5 heteroatoms. The molecule has 0 bridgehead atoms. The van der Waals surface area contributed by atoms with Gasteiger partial charge >= 0.3 is 0 Å². The number of carbonyl (C=O) groups is 1. The minimum Gasteiger partial charge on any atom is -0.340 e. The fourth-order valence-electron chi connectivity index (χ4n) is 1.26. The van der Waals surface area contributed by atoms with Crippen LogP contribution in [0.1, 0.15) is 24.3 Å². The fraction of sp³-hybridized carbons (Fsp3) is 0.500. The number of hydrogen-bond acceptors (Lipinski definition) is 3. The monoisotopic (exact) mass is 227 g/mol. The average Bonchev–Trinajstić information content (AvgIpc) is 2.17. The zero-order valence-electron chi connectivity index (χ0n) is 9.07. The van der Waals surface area contributed by atoms with Gasteiger partial charge in [-0.25, -0.2) is 0 Å². The number of aromatic nitrogens is 2. The molecule has 1 amide bonds. The Bertz CT molecular complexity index is 337. The summed E-state index contributed by atoms with van der Waals surface area (Å²) in [6, 6.07) is 3.14. The van der Waals surface area contributed by atoms with E-state index in [1.54, 1.807) is 24.1 Å². The van der Waals surface area contributed by atoms with Crippen molar-refractivity contribution in [2.45, 2.75) is 13.8 Å². The van der Waals surface area contributed by atoms with E-state index < -0.39 is 0 Å². The molecule has 82 valence electrons. The third-order valence-electron chi connectivity index (χ3n) is 1.84. The summed E-state index contributed by atoms with van der Waals surface area (Å²) < 4.78 is 0. The zero-order valence-corrected chi connectivity index (χ0v) is 9.82. The smallest absolute Gasteiger partial charge is 0.274 e. The van der Waals surface area contributed by atoms with Gasteiger partial charge in [0.1, 0.15) is 0 Å². The number of hydrogen-bond donors (Lipinski definition) is 0. The topological polar surface area (TPSA) is 46.1 Å². The quantitative estimate of drug-likeness (QED) is 0.792. The van der Waals surface area contributed by atoms with E-state index in [0.29, 0.717) is 18.2 Å². The summed E-state index contributed by atoms with van der Waals surface area (Å²) in [6.45, 7) is 4.80. The summed E-state index contributed by atoms with van der Waals surface area (Å²) >= 11 is 5.58. The van der Waals surface area contributed by atoms with Gasteiger partial charge in [0.2, 0.25) is 0 Å². The molecule has 1 aromatic heterocycles. The summed E-state index contributed by atoms with van der Waals surface area (Å²) in [5.41, 5.74) is 0.322. The molecule has 1 heterocycles. The molecule has 0 N–H and O–H groups in total. The van der Waals surface area contributed by atoms with Crippen molar-refractivity contribution in [1.29, 1.82) is 0 Å². The van der Waals surface area contributed by atoms with Crippen LogP contribution in [0.4, 0.5) is 0 Å². The first kappa shape index (κ1) is 11.9. The molecule has 0 atom stereocenters.